The largest absolute Gasteiger partial charge is 0.489 e. The molecule has 2 N–H and O–H groups in total. The van der Waals surface area contributed by atoms with Crippen molar-refractivity contribution in [2.45, 2.75) is 33.4 Å². The van der Waals surface area contributed by atoms with Gasteiger partial charge in [-0.3, -0.25) is 4.98 Å². The summed E-state index contributed by atoms with van der Waals surface area (Å²) in [5, 5.41) is 0. The van der Waals surface area contributed by atoms with Gasteiger partial charge < -0.3 is 10.5 Å². The van der Waals surface area contributed by atoms with Crippen LogP contribution < -0.4 is 10.5 Å². The van der Waals surface area contributed by atoms with Gasteiger partial charge in [-0.1, -0.05) is 12.1 Å². The van der Waals surface area contributed by atoms with E-state index in [1.807, 2.05) is 45.3 Å². The number of nitrogens with zero attached hydrogens (tertiary/aromatic N) is 1. The number of aryl methyl sites for hydroxylation is 2. The van der Waals surface area contributed by atoms with E-state index in [2.05, 4.69) is 17.1 Å². The summed E-state index contributed by atoms with van der Waals surface area (Å²) in [6.45, 7) is 6.58. The Bertz CT molecular complexity index is 564. The number of benzene rings is 1. The third-order valence-corrected chi connectivity index (χ3v) is 3.05. The van der Waals surface area contributed by atoms with Crippen molar-refractivity contribution in [3.05, 3.63) is 58.9 Å². The fourth-order valence-electron chi connectivity index (χ4n) is 1.98. The Morgan fingerprint density at radius 2 is 2.00 bits per heavy atom. The topological polar surface area (TPSA) is 48.1 Å². The van der Waals surface area contributed by atoms with E-state index < -0.39 is 0 Å². The molecule has 0 aliphatic rings. The number of aromatic nitrogens is 1. The molecule has 0 amide bonds. The molecule has 0 saturated heterocycles. The first-order valence-electron chi connectivity index (χ1n) is 6.45. The number of nitrogens with two attached hydrogens (primary N) is 1. The van der Waals surface area contributed by atoms with Crippen molar-refractivity contribution < 1.29 is 4.74 Å². The van der Waals surface area contributed by atoms with Crippen LogP contribution in [0.1, 0.15) is 35.2 Å². The second-order valence-electron chi connectivity index (χ2n) is 4.97. The Balaban J connectivity index is 2.07. The van der Waals surface area contributed by atoms with Gasteiger partial charge in [0.15, 0.2) is 0 Å². The first kappa shape index (κ1) is 13.6. The van der Waals surface area contributed by atoms with Gasteiger partial charge >= 0.3 is 0 Å². The number of rotatable bonds is 4. The van der Waals surface area contributed by atoms with Crippen molar-refractivity contribution >= 4 is 0 Å². The summed E-state index contributed by atoms with van der Waals surface area (Å²) in [6, 6.07) is 8.21. The average molecular weight is 256 g/mol. The zero-order chi connectivity index (χ0) is 13.8. The summed E-state index contributed by atoms with van der Waals surface area (Å²) in [5.74, 6) is 0.894. The van der Waals surface area contributed by atoms with Crippen LogP contribution in [0.4, 0.5) is 0 Å². The molecule has 0 saturated carbocycles. The van der Waals surface area contributed by atoms with Crippen molar-refractivity contribution in [2.75, 3.05) is 0 Å². The number of ether oxygens (including phenoxy) is 1. The van der Waals surface area contributed by atoms with E-state index in [4.69, 9.17) is 10.5 Å². The highest BCUT2D eigenvalue weighted by Crippen LogP contribution is 2.22. The van der Waals surface area contributed by atoms with E-state index in [9.17, 15) is 0 Å². The first-order valence-corrected chi connectivity index (χ1v) is 6.45. The van der Waals surface area contributed by atoms with Crippen LogP contribution in [0, 0.1) is 13.8 Å². The van der Waals surface area contributed by atoms with Crippen LogP contribution in [0.15, 0.2) is 36.7 Å². The van der Waals surface area contributed by atoms with Gasteiger partial charge in [-0.05, 0) is 49.6 Å². The Morgan fingerprint density at radius 1 is 1.21 bits per heavy atom. The molecule has 2 aromatic rings. The highest BCUT2D eigenvalue weighted by atomic mass is 16.5. The summed E-state index contributed by atoms with van der Waals surface area (Å²) in [7, 11) is 0. The molecule has 3 heteroatoms. The molecule has 0 fully saturated rings. The van der Waals surface area contributed by atoms with Crippen LogP contribution in [0.2, 0.25) is 0 Å². The lowest BCUT2D eigenvalue weighted by molar-refractivity contribution is 0.303. The van der Waals surface area contributed by atoms with E-state index in [0.717, 1.165) is 28.0 Å². The van der Waals surface area contributed by atoms with Crippen molar-refractivity contribution in [3.63, 3.8) is 0 Å². The Labute approximate surface area is 114 Å². The molecule has 0 spiro atoms. The predicted molar refractivity (Wildman–Crippen MR) is 77.1 cm³/mol. The maximum atomic E-state index is 5.87. The number of hydrogen-bond acceptors (Lipinski definition) is 3. The van der Waals surface area contributed by atoms with Crippen molar-refractivity contribution in [3.8, 4) is 5.75 Å². The summed E-state index contributed by atoms with van der Waals surface area (Å²) >= 11 is 0. The lowest BCUT2D eigenvalue weighted by Crippen LogP contribution is -2.05. The molecule has 0 aliphatic carbocycles. The number of pyridine rings is 1. The molecule has 1 aromatic heterocycles. The average Bonchev–Trinajstić information content (AvgIpc) is 2.37. The minimum atomic E-state index is 0.0497. The van der Waals surface area contributed by atoms with Gasteiger partial charge in [-0.15, -0.1) is 0 Å². The lowest BCUT2D eigenvalue weighted by atomic mass is 10.1. The van der Waals surface area contributed by atoms with Crippen LogP contribution >= 0.6 is 0 Å². The van der Waals surface area contributed by atoms with E-state index >= 15 is 0 Å². The van der Waals surface area contributed by atoms with Gasteiger partial charge in [0.2, 0.25) is 0 Å². The minimum absolute atomic E-state index is 0.0497. The highest BCUT2D eigenvalue weighted by molar-refractivity contribution is 5.37. The van der Waals surface area contributed by atoms with Gasteiger partial charge in [0.05, 0.1) is 0 Å². The zero-order valence-corrected chi connectivity index (χ0v) is 11.7. The molecule has 1 atom stereocenters. The Kier molecular flexibility index (Phi) is 4.17. The summed E-state index contributed by atoms with van der Waals surface area (Å²) in [6.07, 6.45) is 3.67. The second kappa shape index (κ2) is 5.85. The summed E-state index contributed by atoms with van der Waals surface area (Å²) < 4.78 is 5.83. The molecule has 2 rings (SSSR count). The zero-order valence-electron chi connectivity index (χ0n) is 11.7. The molecule has 0 bridgehead atoms. The maximum absolute atomic E-state index is 5.87. The standard InChI is InChI=1S/C16H20N2O/c1-11-6-14(9-18-8-11)10-19-16-5-4-15(13(3)17)7-12(16)2/h4-9,13H,10,17H2,1-3H3/t13-/m1/s1. The molecular formula is C16H20N2O. The fraction of sp³-hybridized carbons (Fsp3) is 0.312. The van der Waals surface area contributed by atoms with Gasteiger partial charge in [0, 0.05) is 24.0 Å². The van der Waals surface area contributed by atoms with Crippen LogP contribution in [0.3, 0.4) is 0 Å². The van der Waals surface area contributed by atoms with Crippen LogP contribution in [0.25, 0.3) is 0 Å². The molecular weight excluding hydrogens is 236 g/mol. The maximum Gasteiger partial charge on any atom is 0.122 e. The molecule has 100 valence electrons. The Morgan fingerprint density at radius 3 is 2.63 bits per heavy atom. The predicted octanol–water partition coefficient (Wildman–Crippen LogP) is 3.30. The Hall–Kier alpha value is -1.87. The smallest absolute Gasteiger partial charge is 0.122 e. The molecule has 0 aliphatic heterocycles. The van der Waals surface area contributed by atoms with Crippen molar-refractivity contribution in [1.82, 2.24) is 4.98 Å². The fourth-order valence-corrected chi connectivity index (χ4v) is 1.98. The van der Waals surface area contributed by atoms with Crippen molar-refractivity contribution in [2.24, 2.45) is 5.73 Å². The van der Waals surface area contributed by atoms with E-state index in [0.29, 0.717) is 6.61 Å². The monoisotopic (exact) mass is 256 g/mol. The molecule has 0 unspecified atom stereocenters. The second-order valence-corrected chi connectivity index (χ2v) is 4.97. The van der Waals surface area contributed by atoms with Gasteiger partial charge in [0.1, 0.15) is 12.4 Å². The minimum Gasteiger partial charge on any atom is -0.489 e. The third-order valence-electron chi connectivity index (χ3n) is 3.05. The van der Waals surface area contributed by atoms with Crippen LogP contribution in [-0.2, 0) is 6.61 Å². The normalized spacial score (nSPS) is 12.2. The van der Waals surface area contributed by atoms with Crippen molar-refractivity contribution in [1.29, 1.82) is 0 Å². The van der Waals surface area contributed by atoms with Crippen LogP contribution in [-0.4, -0.2) is 4.98 Å². The van der Waals surface area contributed by atoms with Gasteiger partial charge in [-0.2, -0.15) is 0 Å². The van der Waals surface area contributed by atoms with Gasteiger partial charge in [-0.25, -0.2) is 0 Å². The van der Waals surface area contributed by atoms with E-state index in [1.54, 1.807) is 0 Å². The molecule has 1 aromatic carbocycles. The summed E-state index contributed by atoms with van der Waals surface area (Å²) in [4.78, 5) is 4.16. The molecule has 0 radical (unpaired) electrons. The molecule has 1 heterocycles. The SMILES string of the molecule is Cc1cncc(COc2ccc([C@@H](C)N)cc2C)c1. The van der Waals surface area contributed by atoms with E-state index in [-0.39, 0.29) is 6.04 Å². The number of hydrogen-bond donors (Lipinski definition) is 1. The van der Waals surface area contributed by atoms with E-state index in [1.165, 1.54) is 0 Å². The third kappa shape index (κ3) is 3.55. The summed E-state index contributed by atoms with van der Waals surface area (Å²) in [5.41, 5.74) is 10.3. The van der Waals surface area contributed by atoms with Gasteiger partial charge in [0.25, 0.3) is 0 Å². The first-order chi connectivity index (χ1) is 9.06. The molecule has 3 nitrogen and oxygen atoms in total. The lowest BCUT2D eigenvalue weighted by Gasteiger charge is -2.12. The molecule has 19 heavy (non-hydrogen) atoms. The highest BCUT2D eigenvalue weighted by Gasteiger charge is 2.05. The van der Waals surface area contributed by atoms with Crippen LogP contribution in [0.5, 0.6) is 5.75 Å². The quantitative estimate of drug-likeness (QED) is 0.913.